The summed E-state index contributed by atoms with van der Waals surface area (Å²) in [6, 6.07) is 15.5. The first-order chi connectivity index (χ1) is 14.9. The van der Waals surface area contributed by atoms with Gasteiger partial charge in [0.05, 0.1) is 4.90 Å². The average Bonchev–Trinajstić information content (AvgIpc) is 2.80. The summed E-state index contributed by atoms with van der Waals surface area (Å²) >= 11 is 0. The summed E-state index contributed by atoms with van der Waals surface area (Å²) in [7, 11) is -3.57. The lowest BCUT2D eigenvalue weighted by Crippen LogP contribution is -2.42. The number of ketones is 1. The zero-order valence-corrected chi connectivity index (χ0v) is 18.7. The van der Waals surface area contributed by atoms with Gasteiger partial charge in [0.25, 0.3) is 0 Å². The molecule has 1 N–H and O–H groups in total. The Labute approximate surface area is 184 Å². The molecular weight excluding hydrogens is 410 g/mol. The lowest BCUT2D eigenvalue weighted by atomic mass is 10.0. The number of hydrogen-bond acceptors (Lipinski definition) is 5. The Morgan fingerprint density at radius 3 is 2.10 bits per heavy atom. The molecule has 0 aliphatic carbocycles. The van der Waals surface area contributed by atoms with Crippen LogP contribution in [0, 0.1) is 0 Å². The molecule has 31 heavy (non-hydrogen) atoms. The number of sulfonamides is 1. The van der Waals surface area contributed by atoms with E-state index < -0.39 is 10.0 Å². The van der Waals surface area contributed by atoms with Crippen LogP contribution < -0.4 is 5.32 Å². The molecule has 1 saturated heterocycles. The van der Waals surface area contributed by atoms with Crippen LogP contribution in [-0.4, -0.2) is 62.7 Å². The SMILES string of the molecule is CC(=O)C1=CCN(S(=O)(=O)c2ccc(-c3ccc(CN4CCNCC4)cc3)cc2)CC1. The van der Waals surface area contributed by atoms with Crippen molar-refractivity contribution in [3.05, 3.63) is 65.7 Å². The van der Waals surface area contributed by atoms with E-state index >= 15 is 0 Å². The van der Waals surface area contributed by atoms with E-state index in [2.05, 4.69) is 34.5 Å². The third-order valence-electron chi connectivity index (χ3n) is 6.02. The van der Waals surface area contributed by atoms with E-state index in [1.807, 2.05) is 12.1 Å². The van der Waals surface area contributed by atoms with Crippen molar-refractivity contribution in [3.8, 4) is 11.1 Å². The van der Waals surface area contributed by atoms with Crippen molar-refractivity contribution >= 4 is 15.8 Å². The fourth-order valence-electron chi connectivity index (χ4n) is 4.09. The second kappa shape index (κ2) is 9.44. The molecular formula is C24H29N3O3S. The van der Waals surface area contributed by atoms with E-state index in [-0.39, 0.29) is 17.2 Å². The van der Waals surface area contributed by atoms with Crippen molar-refractivity contribution in [2.24, 2.45) is 0 Å². The van der Waals surface area contributed by atoms with Gasteiger partial charge in [0, 0.05) is 45.8 Å². The van der Waals surface area contributed by atoms with E-state index in [4.69, 9.17) is 0 Å². The van der Waals surface area contributed by atoms with Crippen molar-refractivity contribution < 1.29 is 13.2 Å². The first kappa shape index (κ1) is 21.9. The van der Waals surface area contributed by atoms with Gasteiger partial charge in [0.15, 0.2) is 5.78 Å². The number of rotatable bonds is 6. The zero-order valence-electron chi connectivity index (χ0n) is 17.9. The molecule has 0 atom stereocenters. The van der Waals surface area contributed by atoms with Crippen molar-refractivity contribution in [2.75, 3.05) is 39.3 Å². The summed E-state index contributed by atoms with van der Waals surface area (Å²) in [5.41, 5.74) is 4.06. The molecule has 0 aromatic heterocycles. The van der Waals surface area contributed by atoms with Crippen molar-refractivity contribution in [1.29, 1.82) is 0 Å². The quantitative estimate of drug-likeness (QED) is 0.750. The normalized spacial score (nSPS) is 18.5. The van der Waals surface area contributed by atoms with Crippen LogP contribution in [0.1, 0.15) is 18.9 Å². The standard InChI is InChI=1S/C24H29N3O3S/c1-19(28)21-10-14-27(15-11-21)31(29,30)24-8-6-23(7-9-24)22-4-2-20(3-5-22)18-26-16-12-25-13-17-26/h2-10,25H,11-18H2,1H3. The Bertz CT molecular complexity index is 1050. The second-order valence-electron chi connectivity index (χ2n) is 8.15. The van der Waals surface area contributed by atoms with E-state index in [0.717, 1.165) is 43.9 Å². The largest absolute Gasteiger partial charge is 0.314 e. The number of nitrogens with one attached hydrogen (secondary N) is 1. The molecule has 2 aliphatic rings. The third-order valence-corrected chi connectivity index (χ3v) is 7.90. The topological polar surface area (TPSA) is 69.7 Å². The Morgan fingerprint density at radius 2 is 1.55 bits per heavy atom. The van der Waals surface area contributed by atoms with Gasteiger partial charge in [-0.05, 0) is 47.7 Å². The highest BCUT2D eigenvalue weighted by atomic mass is 32.2. The smallest absolute Gasteiger partial charge is 0.243 e. The van der Waals surface area contributed by atoms with Gasteiger partial charge in [0.2, 0.25) is 10.0 Å². The lowest BCUT2D eigenvalue weighted by molar-refractivity contribution is -0.113. The summed E-state index contributed by atoms with van der Waals surface area (Å²) in [6.07, 6.45) is 2.19. The van der Waals surface area contributed by atoms with Gasteiger partial charge in [-0.15, -0.1) is 0 Å². The molecule has 0 bridgehead atoms. The Balaban J connectivity index is 1.43. The molecule has 1 fully saturated rings. The average molecular weight is 440 g/mol. The number of benzene rings is 2. The first-order valence-corrected chi connectivity index (χ1v) is 12.2. The van der Waals surface area contributed by atoms with Crippen LogP contribution in [-0.2, 0) is 21.4 Å². The molecule has 2 aromatic carbocycles. The molecule has 0 spiro atoms. The molecule has 2 aromatic rings. The van der Waals surface area contributed by atoms with Gasteiger partial charge in [-0.2, -0.15) is 4.31 Å². The monoisotopic (exact) mass is 439 g/mol. The number of nitrogens with zero attached hydrogens (tertiary/aromatic N) is 2. The maximum Gasteiger partial charge on any atom is 0.243 e. The number of piperazine rings is 1. The molecule has 0 amide bonds. The van der Waals surface area contributed by atoms with Gasteiger partial charge in [-0.25, -0.2) is 8.42 Å². The summed E-state index contributed by atoms with van der Waals surface area (Å²) in [5.74, 6) is 0.0142. The highest BCUT2D eigenvalue weighted by Gasteiger charge is 2.26. The van der Waals surface area contributed by atoms with E-state index in [0.29, 0.717) is 18.5 Å². The molecule has 7 heteroatoms. The minimum Gasteiger partial charge on any atom is -0.314 e. The van der Waals surface area contributed by atoms with Gasteiger partial charge in [0.1, 0.15) is 0 Å². The second-order valence-corrected chi connectivity index (χ2v) is 10.1. The van der Waals surface area contributed by atoms with Crippen LogP contribution >= 0.6 is 0 Å². The number of Topliss-reactive ketones (excluding diaryl/α,β-unsaturated/α-hetero) is 1. The summed E-state index contributed by atoms with van der Waals surface area (Å²) in [4.78, 5) is 14.2. The molecule has 0 saturated carbocycles. The van der Waals surface area contributed by atoms with Crippen molar-refractivity contribution in [1.82, 2.24) is 14.5 Å². The summed E-state index contributed by atoms with van der Waals surface area (Å²) in [6.45, 7) is 7.28. The van der Waals surface area contributed by atoms with E-state index in [1.54, 1.807) is 18.2 Å². The van der Waals surface area contributed by atoms with Gasteiger partial charge < -0.3 is 5.32 Å². The number of hydrogen-bond donors (Lipinski definition) is 1. The van der Waals surface area contributed by atoms with E-state index in [9.17, 15) is 13.2 Å². The maximum atomic E-state index is 12.9. The molecule has 164 valence electrons. The zero-order chi connectivity index (χ0) is 21.8. The van der Waals surface area contributed by atoms with Crippen molar-refractivity contribution in [2.45, 2.75) is 24.8 Å². The Hall–Kier alpha value is -2.32. The van der Waals surface area contributed by atoms with Gasteiger partial charge >= 0.3 is 0 Å². The molecule has 2 heterocycles. The fraction of sp³-hybridized carbons (Fsp3) is 0.375. The molecule has 0 radical (unpaired) electrons. The fourth-order valence-corrected chi connectivity index (χ4v) is 5.47. The first-order valence-electron chi connectivity index (χ1n) is 10.8. The molecule has 6 nitrogen and oxygen atoms in total. The lowest BCUT2D eigenvalue weighted by Gasteiger charge is -2.27. The number of carbonyl (C=O) groups excluding carboxylic acids is 1. The highest BCUT2D eigenvalue weighted by Crippen LogP contribution is 2.25. The third kappa shape index (κ3) is 5.13. The van der Waals surface area contributed by atoms with Crippen molar-refractivity contribution in [3.63, 3.8) is 0 Å². The summed E-state index contributed by atoms with van der Waals surface area (Å²) < 4.78 is 27.3. The minimum absolute atomic E-state index is 0.0142. The van der Waals surface area contributed by atoms with Crippen LogP contribution in [0.15, 0.2) is 65.1 Å². The molecule has 2 aliphatic heterocycles. The molecule has 4 rings (SSSR count). The van der Waals surface area contributed by atoms with Crippen LogP contribution in [0.3, 0.4) is 0 Å². The predicted octanol–water partition coefficient (Wildman–Crippen LogP) is 2.67. The summed E-state index contributed by atoms with van der Waals surface area (Å²) in [5, 5.41) is 3.37. The van der Waals surface area contributed by atoms with Crippen LogP contribution in [0.2, 0.25) is 0 Å². The van der Waals surface area contributed by atoms with Crippen LogP contribution in [0.5, 0.6) is 0 Å². The number of carbonyl (C=O) groups is 1. The Kier molecular flexibility index (Phi) is 6.67. The highest BCUT2D eigenvalue weighted by molar-refractivity contribution is 7.89. The Morgan fingerprint density at radius 1 is 0.935 bits per heavy atom. The van der Waals surface area contributed by atoms with Crippen LogP contribution in [0.4, 0.5) is 0 Å². The minimum atomic E-state index is -3.57. The predicted molar refractivity (Wildman–Crippen MR) is 122 cm³/mol. The van der Waals surface area contributed by atoms with Gasteiger partial charge in [-0.1, -0.05) is 42.5 Å². The van der Waals surface area contributed by atoms with Gasteiger partial charge in [-0.3, -0.25) is 9.69 Å². The molecule has 0 unspecified atom stereocenters. The van der Waals surface area contributed by atoms with E-state index in [1.165, 1.54) is 16.8 Å². The van der Waals surface area contributed by atoms with Crippen LogP contribution in [0.25, 0.3) is 11.1 Å². The maximum absolute atomic E-state index is 12.9.